The zero-order valence-corrected chi connectivity index (χ0v) is 12.2. The van der Waals surface area contributed by atoms with Gasteiger partial charge < -0.3 is 15.2 Å². The average Bonchev–Trinajstić information content (AvgIpc) is 2.97. The molecule has 0 fully saturated rings. The van der Waals surface area contributed by atoms with Gasteiger partial charge in [0, 0.05) is 23.9 Å². The summed E-state index contributed by atoms with van der Waals surface area (Å²) >= 11 is 0. The van der Waals surface area contributed by atoms with E-state index in [9.17, 15) is 9.18 Å². The Labute approximate surface area is 131 Å². The van der Waals surface area contributed by atoms with Gasteiger partial charge >= 0.3 is 6.03 Å². The van der Waals surface area contributed by atoms with Crippen molar-refractivity contribution in [1.82, 2.24) is 10.1 Å². The Kier molecular flexibility index (Phi) is 4.01. The molecular weight excluding hydrogens is 299 g/mol. The molecule has 0 spiro atoms. The highest BCUT2D eigenvalue weighted by atomic mass is 19.1. The van der Waals surface area contributed by atoms with Crippen LogP contribution in [0.4, 0.5) is 20.6 Å². The standard InChI is InChI=1S/C16H13FN4O2/c1-10-18-15(21-23-10)11-2-6-13(7-3-11)19-16(22)20-14-8-4-12(17)5-9-14/h2-9H,1H3,(H2,19,20,22). The highest BCUT2D eigenvalue weighted by Gasteiger charge is 2.07. The summed E-state index contributed by atoms with van der Waals surface area (Å²) < 4.78 is 17.7. The molecule has 0 radical (unpaired) electrons. The van der Waals surface area contributed by atoms with Gasteiger partial charge in [-0.1, -0.05) is 5.16 Å². The summed E-state index contributed by atoms with van der Waals surface area (Å²) in [6.45, 7) is 1.71. The largest absolute Gasteiger partial charge is 0.339 e. The van der Waals surface area contributed by atoms with Gasteiger partial charge in [0.1, 0.15) is 5.82 Å². The fraction of sp³-hybridized carbons (Fsp3) is 0.0625. The molecule has 0 aliphatic carbocycles. The van der Waals surface area contributed by atoms with Crippen molar-refractivity contribution in [3.05, 3.63) is 60.2 Å². The van der Waals surface area contributed by atoms with Crippen molar-refractivity contribution >= 4 is 17.4 Å². The molecule has 0 bridgehead atoms. The zero-order chi connectivity index (χ0) is 16.2. The molecule has 2 amide bonds. The number of hydrogen-bond donors (Lipinski definition) is 2. The molecule has 2 aromatic carbocycles. The first-order valence-corrected chi connectivity index (χ1v) is 6.84. The lowest BCUT2D eigenvalue weighted by atomic mass is 10.2. The third-order valence-electron chi connectivity index (χ3n) is 3.03. The molecule has 2 N–H and O–H groups in total. The van der Waals surface area contributed by atoms with Gasteiger partial charge in [-0.15, -0.1) is 0 Å². The maximum absolute atomic E-state index is 12.8. The van der Waals surface area contributed by atoms with Crippen molar-refractivity contribution in [2.24, 2.45) is 0 Å². The van der Waals surface area contributed by atoms with Crippen LogP contribution in [0.3, 0.4) is 0 Å². The van der Waals surface area contributed by atoms with Crippen molar-refractivity contribution in [2.45, 2.75) is 6.92 Å². The SMILES string of the molecule is Cc1nc(-c2ccc(NC(=O)Nc3ccc(F)cc3)cc2)no1. The Hall–Kier alpha value is -3.22. The minimum atomic E-state index is -0.417. The minimum Gasteiger partial charge on any atom is -0.339 e. The molecule has 0 saturated carbocycles. The van der Waals surface area contributed by atoms with Gasteiger partial charge in [0.2, 0.25) is 11.7 Å². The van der Waals surface area contributed by atoms with E-state index in [-0.39, 0.29) is 5.82 Å². The summed E-state index contributed by atoms with van der Waals surface area (Å²) in [6, 6.07) is 12.1. The van der Waals surface area contributed by atoms with E-state index in [1.165, 1.54) is 24.3 Å². The molecule has 7 heteroatoms. The van der Waals surface area contributed by atoms with Crippen molar-refractivity contribution in [2.75, 3.05) is 10.6 Å². The molecule has 0 aliphatic heterocycles. The van der Waals surface area contributed by atoms with Crippen LogP contribution in [-0.2, 0) is 0 Å². The first-order valence-electron chi connectivity index (χ1n) is 6.84. The number of aryl methyl sites for hydroxylation is 1. The predicted molar refractivity (Wildman–Crippen MR) is 83.5 cm³/mol. The van der Waals surface area contributed by atoms with E-state index < -0.39 is 6.03 Å². The third kappa shape index (κ3) is 3.70. The molecular formula is C16H13FN4O2. The lowest BCUT2D eigenvalue weighted by molar-refractivity contribution is 0.262. The number of urea groups is 1. The average molecular weight is 312 g/mol. The fourth-order valence-electron chi connectivity index (χ4n) is 1.95. The second-order valence-electron chi connectivity index (χ2n) is 4.80. The quantitative estimate of drug-likeness (QED) is 0.770. The topological polar surface area (TPSA) is 80.0 Å². The van der Waals surface area contributed by atoms with Crippen LogP contribution in [0.1, 0.15) is 5.89 Å². The number of aromatic nitrogens is 2. The van der Waals surface area contributed by atoms with E-state index in [1.807, 2.05) is 0 Å². The Balaban J connectivity index is 1.63. The van der Waals surface area contributed by atoms with Crippen LogP contribution in [0.2, 0.25) is 0 Å². The van der Waals surface area contributed by atoms with Crippen LogP contribution >= 0.6 is 0 Å². The maximum Gasteiger partial charge on any atom is 0.323 e. The van der Waals surface area contributed by atoms with E-state index in [2.05, 4.69) is 20.8 Å². The number of rotatable bonds is 3. The number of carbonyl (C=O) groups is 1. The molecule has 116 valence electrons. The smallest absolute Gasteiger partial charge is 0.323 e. The van der Waals surface area contributed by atoms with Gasteiger partial charge in [-0.3, -0.25) is 0 Å². The van der Waals surface area contributed by atoms with Gasteiger partial charge in [-0.2, -0.15) is 4.98 Å². The van der Waals surface area contributed by atoms with Gasteiger partial charge in [0.05, 0.1) is 0 Å². The molecule has 6 nitrogen and oxygen atoms in total. The molecule has 1 aromatic heterocycles. The van der Waals surface area contributed by atoms with Crippen LogP contribution in [-0.4, -0.2) is 16.2 Å². The summed E-state index contributed by atoms with van der Waals surface area (Å²) in [5.74, 6) is 0.619. The summed E-state index contributed by atoms with van der Waals surface area (Å²) in [5, 5.41) is 9.11. The number of hydrogen-bond acceptors (Lipinski definition) is 4. The van der Waals surface area contributed by atoms with Gasteiger partial charge in [0.15, 0.2) is 0 Å². The zero-order valence-electron chi connectivity index (χ0n) is 12.2. The van der Waals surface area contributed by atoms with Crippen molar-refractivity contribution in [3.8, 4) is 11.4 Å². The molecule has 1 heterocycles. The molecule has 0 atom stereocenters. The molecule has 0 unspecified atom stereocenters. The maximum atomic E-state index is 12.8. The van der Waals surface area contributed by atoms with Gasteiger partial charge in [-0.05, 0) is 48.5 Å². The van der Waals surface area contributed by atoms with E-state index in [4.69, 9.17) is 4.52 Å². The van der Waals surface area contributed by atoms with Crippen molar-refractivity contribution in [1.29, 1.82) is 0 Å². The fourth-order valence-corrected chi connectivity index (χ4v) is 1.95. The van der Waals surface area contributed by atoms with Crippen LogP contribution in [0.15, 0.2) is 53.1 Å². The normalized spacial score (nSPS) is 10.3. The van der Waals surface area contributed by atoms with Crippen LogP contribution in [0.25, 0.3) is 11.4 Å². The Morgan fingerprint density at radius 2 is 1.57 bits per heavy atom. The summed E-state index contributed by atoms with van der Waals surface area (Å²) in [4.78, 5) is 16.0. The molecule has 0 aliphatic rings. The van der Waals surface area contributed by atoms with Crippen molar-refractivity contribution in [3.63, 3.8) is 0 Å². The van der Waals surface area contributed by atoms with Gasteiger partial charge in [0.25, 0.3) is 0 Å². The summed E-state index contributed by atoms with van der Waals surface area (Å²) in [5.41, 5.74) is 1.89. The molecule has 3 rings (SSSR count). The highest BCUT2D eigenvalue weighted by molar-refractivity contribution is 5.99. The lowest BCUT2D eigenvalue weighted by Gasteiger charge is -2.07. The number of benzene rings is 2. The summed E-state index contributed by atoms with van der Waals surface area (Å²) in [7, 11) is 0. The van der Waals surface area contributed by atoms with Crippen LogP contribution in [0.5, 0.6) is 0 Å². The van der Waals surface area contributed by atoms with E-state index >= 15 is 0 Å². The Morgan fingerprint density at radius 3 is 2.09 bits per heavy atom. The monoisotopic (exact) mass is 312 g/mol. The van der Waals surface area contributed by atoms with Crippen LogP contribution in [0, 0.1) is 12.7 Å². The second kappa shape index (κ2) is 6.27. The molecule has 3 aromatic rings. The van der Waals surface area contributed by atoms with E-state index in [1.54, 1.807) is 31.2 Å². The lowest BCUT2D eigenvalue weighted by Crippen LogP contribution is -2.19. The Bertz CT molecular complexity index is 813. The molecule has 0 saturated heterocycles. The highest BCUT2D eigenvalue weighted by Crippen LogP contribution is 2.18. The number of anilines is 2. The first kappa shape index (κ1) is 14.7. The number of nitrogens with one attached hydrogen (secondary N) is 2. The summed E-state index contributed by atoms with van der Waals surface area (Å²) in [6.07, 6.45) is 0. The number of halogens is 1. The van der Waals surface area contributed by atoms with E-state index in [0.717, 1.165) is 5.56 Å². The number of amides is 2. The van der Waals surface area contributed by atoms with Gasteiger partial charge in [-0.25, -0.2) is 9.18 Å². The first-order chi connectivity index (χ1) is 11.1. The minimum absolute atomic E-state index is 0.358. The second-order valence-corrected chi connectivity index (χ2v) is 4.80. The molecule has 23 heavy (non-hydrogen) atoms. The third-order valence-corrected chi connectivity index (χ3v) is 3.03. The number of carbonyl (C=O) groups excluding carboxylic acids is 1. The Morgan fingerprint density at radius 1 is 1.00 bits per heavy atom. The number of nitrogens with zero attached hydrogens (tertiary/aromatic N) is 2. The van der Waals surface area contributed by atoms with Crippen LogP contribution < -0.4 is 10.6 Å². The predicted octanol–water partition coefficient (Wildman–Crippen LogP) is 3.83. The van der Waals surface area contributed by atoms with Crippen molar-refractivity contribution < 1.29 is 13.7 Å². The van der Waals surface area contributed by atoms with E-state index in [0.29, 0.717) is 23.1 Å².